The number of unbranched alkanes of at least 4 members (excludes halogenated alkanes) is 1. The maximum Gasteiger partial charge on any atom is 0.337 e. The standard InChI is InChI=1S/C31H37F2NO4/c1-3-4-18-38-26-7-5-6-25-28(26)27(21-8-10-23(11-9-21)30(35)36-2)29(22-14-19-37-20-15-22)34(25)24-12-16-31(32,33)17-13-24/h5-11,22,24H,3-4,12-20H2,1-2H3. The summed E-state index contributed by atoms with van der Waals surface area (Å²) < 4.78 is 47.8. The van der Waals surface area contributed by atoms with Gasteiger partial charge in [0.15, 0.2) is 0 Å². The van der Waals surface area contributed by atoms with E-state index in [0.717, 1.165) is 53.5 Å². The number of ether oxygens (including phenoxy) is 3. The van der Waals surface area contributed by atoms with Gasteiger partial charge in [-0.25, -0.2) is 13.6 Å². The second kappa shape index (κ2) is 11.4. The molecule has 2 fully saturated rings. The minimum atomic E-state index is -2.60. The van der Waals surface area contributed by atoms with Crippen LogP contribution in [0.1, 0.15) is 86.3 Å². The lowest BCUT2D eigenvalue weighted by atomic mass is 9.88. The molecule has 1 saturated heterocycles. The van der Waals surface area contributed by atoms with Crippen molar-refractivity contribution in [2.45, 2.75) is 76.2 Å². The Morgan fingerprint density at radius 3 is 2.42 bits per heavy atom. The number of alkyl halides is 2. The molecule has 1 aromatic heterocycles. The van der Waals surface area contributed by atoms with Crippen LogP contribution in [-0.4, -0.2) is 43.4 Å². The summed E-state index contributed by atoms with van der Waals surface area (Å²) >= 11 is 0. The molecule has 1 saturated carbocycles. The van der Waals surface area contributed by atoms with Crippen molar-refractivity contribution in [3.63, 3.8) is 0 Å². The molecule has 0 unspecified atom stereocenters. The fourth-order valence-electron chi connectivity index (χ4n) is 6.03. The van der Waals surface area contributed by atoms with E-state index in [1.165, 1.54) is 12.8 Å². The van der Waals surface area contributed by atoms with Crippen molar-refractivity contribution >= 4 is 16.9 Å². The molecule has 2 heterocycles. The fraction of sp³-hybridized carbons (Fsp3) is 0.516. The molecule has 0 N–H and O–H groups in total. The van der Waals surface area contributed by atoms with Crippen molar-refractivity contribution < 1.29 is 27.8 Å². The van der Waals surface area contributed by atoms with E-state index in [4.69, 9.17) is 14.2 Å². The van der Waals surface area contributed by atoms with E-state index >= 15 is 0 Å². The van der Waals surface area contributed by atoms with Gasteiger partial charge in [0, 0.05) is 54.7 Å². The van der Waals surface area contributed by atoms with Gasteiger partial charge in [-0.05, 0) is 61.9 Å². The zero-order valence-corrected chi connectivity index (χ0v) is 22.3. The topological polar surface area (TPSA) is 49.7 Å². The number of rotatable bonds is 8. The van der Waals surface area contributed by atoms with Crippen LogP contribution >= 0.6 is 0 Å². The highest BCUT2D eigenvalue weighted by atomic mass is 19.3. The molecule has 38 heavy (non-hydrogen) atoms. The van der Waals surface area contributed by atoms with Gasteiger partial charge in [-0.3, -0.25) is 0 Å². The summed E-state index contributed by atoms with van der Waals surface area (Å²) in [6.07, 6.45) is 4.41. The highest BCUT2D eigenvalue weighted by Crippen LogP contribution is 2.49. The van der Waals surface area contributed by atoms with Crippen LogP contribution in [-0.2, 0) is 9.47 Å². The van der Waals surface area contributed by atoms with Gasteiger partial charge in [-0.2, -0.15) is 0 Å². The summed E-state index contributed by atoms with van der Waals surface area (Å²) in [6.45, 7) is 4.10. The van der Waals surface area contributed by atoms with Crippen molar-refractivity contribution in [2.75, 3.05) is 26.9 Å². The number of nitrogens with zero attached hydrogens (tertiary/aromatic N) is 1. The molecule has 3 aromatic rings. The van der Waals surface area contributed by atoms with Crippen molar-refractivity contribution in [1.29, 1.82) is 0 Å². The Morgan fingerprint density at radius 2 is 1.76 bits per heavy atom. The number of methoxy groups -OCH3 is 1. The molecule has 204 valence electrons. The molecular formula is C31H37F2NO4. The maximum atomic E-state index is 14.2. The molecule has 0 atom stereocenters. The number of aromatic nitrogens is 1. The molecule has 0 amide bonds. The molecular weight excluding hydrogens is 488 g/mol. The smallest absolute Gasteiger partial charge is 0.337 e. The minimum absolute atomic E-state index is 0.0102. The molecule has 2 aromatic carbocycles. The number of carbonyl (C=O) groups is 1. The molecule has 1 aliphatic heterocycles. The summed E-state index contributed by atoms with van der Waals surface area (Å²) in [6, 6.07) is 13.6. The third kappa shape index (κ3) is 5.31. The van der Waals surface area contributed by atoms with Gasteiger partial charge in [0.05, 0.1) is 24.8 Å². The van der Waals surface area contributed by atoms with Crippen LogP contribution < -0.4 is 4.74 Å². The van der Waals surface area contributed by atoms with Crippen LogP contribution in [0.25, 0.3) is 22.0 Å². The summed E-state index contributed by atoms with van der Waals surface area (Å²) in [5.74, 6) is -1.93. The highest BCUT2D eigenvalue weighted by molar-refractivity contribution is 6.03. The van der Waals surface area contributed by atoms with Crippen LogP contribution in [0.2, 0.25) is 0 Å². The largest absolute Gasteiger partial charge is 0.493 e. The monoisotopic (exact) mass is 525 g/mol. The van der Waals surface area contributed by atoms with Crippen LogP contribution in [0, 0.1) is 0 Å². The summed E-state index contributed by atoms with van der Waals surface area (Å²) in [5.41, 5.74) is 4.75. The number of fused-ring (bicyclic) bond motifs is 1. The Hall–Kier alpha value is -2.93. The van der Waals surface area contributed by atoms with E-state index < -0.39 is 5.92 Å². The Labute approximate surface area is 223 Å². The van der Waals surface area contributed by atoms with E-state index in [1.807, 2.05) is 24.3 Å². The van der Waals surface area contributed by atoms with Crippen LogP contribution in [0.3, 0.4) is 0 Å². The highest BCUT2D eigenvalue weighted by Gasteiger charge is 2.38. The Bertz CT molecular complexity index is 1250. The van der Waals surface area contributed by atoms with Gasteiger partial charge < -0.3 is 18.8 Å². The van der Waals surface area contributed by atoms with Crippen LogP contribution in [0.5, 0.6) is 5.75 Å². The summed E-state index contributed by atoms with van der Waals surface area (Å²) in [4.78, 5) is 12.1. The third-order valence-corrected chi connectivity index (χ3v) is 8.04. The maximum absolute atomic E-state index is 14.2. The predicted molar refractivity (Wildman–Crippen MR) is 144 cm³/mol. The Morgan fingerprint density at radius 1 is 1.05 bits per heavy atom. The average Bonchev–Trinajstić information content (AvgIpc) is 3.29. The predicted octanol–water partition coefficient (Wildman–Crippen LogP) is 7.92. The van der Waals surface area contributed by atoms with E-state index in [-0.39, 0.29) is 30.8 Å². The van der Waals surface area contributed by atoms with Crippen molar-refractivity contribution in [3.05, 3.63) is 53.7 Å². The van der Waals surface area contributed by atoms with Gasteiger partial charge in [0.1, 0.15) is 5.75 Å². The van der Waals surface area contributed by atoms with Gasteiger partial charge in [0.25, 0.3) is 0 Å². The van der Waals surface area contributed by atoms with Crippen LogP contribution in [0.4, 0.5) is 8.78 Å². The van der Waals surface area contributed by atoms with E-state index in [0.29, 0.717) is 38.2 Å². The lowest BCUT2D eigenvalue weighted by molar-refractivity contribution is -0.0439. The van der Waals surface area contributed by atoms with Crippen molar-refractivity contribution in [2.24, 2.45) is 0 Å². The quantitative estimate of drug-likeness (QED) is 0.221. The van der Waals surface area contributed by atoms with E-state index in [2.05, 4.69) is 17.6 Å². The first-order valence-electron chi connectivity index (χ1n) is 13.9. The van der Waals surface area contributed by atoms with E-state index in [1.54, 1.807) is 12.1 Å². The van der Waals surface area contributed by atoms with Gasteiger partial charge >= 0.3 is 5.97 Å². The molecule has 5 rings (SSSR count). The molecule has 0 bridgehead atoms. The number of benzene rings is 2. The zero-order chi connectivity index (χ0) is 26.7. The zero-order valence-electron chi connectivity index (χ0n) is 22.3. The third-order valence-electron chi connectivity index (χ3n) is 8.04. The van der Waals surface area contributed by atoms with Crippen molar-refractivity contribution in [1.82, 2.24) is 4.57 Å². The number of hydrogen-bond acceptors (Lipinski definition) is 4. The Kier molecular flexibility index (Phi) is 8.03. The second-order valence-corrected chi connectivity index (χ2v) is 10.5. The summed E-state index contributed by atoms with van der Waals surface area (Å²) in [5, 5.41) is 1.02. The molecule has 1 aliphatic carbocycles. The Balaban J connectivity index is 1.73. The lowest BCUT2D eigenvalue weighted by Gasteiger charge is -2.33. The second-order valence-electron chi connectivity index (χ2n) is 10.5. The van der Waals surface area contributed by atoms with E-state index in [9.17, 15) is 13.6 Å². The van der Waals surface area contributed by atoms with Gasteiger partial charge in [-0.15, -0.1) is 0 Å². The van der Waals surface area contributed by atoms with Crippen molar-refractivity contribution in [3.8, 4) is 16.9 Å². The first kappa shape index (κ1) is 26.7. The molecule has 2 aliphatic rings. The first-order valence-corrected chi connectivity index (χ1v) is 13.9. The normalized spacial score (nSPS) is 18.5. The van der Waals surface area contributed by atoms with Gasteiger partial charge in [-0.1, -0.05) is 31.5 Å². The molecule has 0 spiro atoms. The first-order chi connectivity index (χ1) is 18.4. The SMILES string of the molecule is CCCCOc1cccc2c1c(-c1ccc(C(=O)OC)cc1)c(C1CCOCC1)n2C1CCC(F)(F)CC1. The summed E-state index contributed by atoms with van der Waals surface area (Å²) in [7, 11) is 1.38. The number of esters is 1. The molecule has 0 radical (unpaired) electrons. The number of carbonyl (C=O) groups excluding carboxylic acids is 1. The van der Waals surface area contributed by atoms with Gasteiger partial charge in [0.2, 0.25) is 5.92 Å². The molecule has 5 nitrogen and oxygen atoms in total. The fourth-order valence-corrected chi connectivity index (χ4v) is 6.03. The number of hydrogen-bond donors (Lipinski definition) is 0. The molecule has 7 heteroatoms. The number of halogens is 2. The van der Waals surface area contributed by atoms with Crippen LogP contribution in [0.15, 0.2) is 42.5 Å². The lowest BCUT2D eigenvalue weighted by Crippen LogP contribution is -2.28. The minimum Gasteiger partial charge on any atom is -0.493 e. The average molecular weight is 526 g/mol.